The van der Waals surface area contributed by atoms with E-state index in [1.165, 1.54) is 45.1 Å². The molecule has 2 atom stereocenters. The first-order chi connectivity index (χ1) is 6.27. The van der Waals surface area contributed by atoms with Crippen LogP contribution in [0.4, 0.5) is 0 Å². The van der Waals surface area contributed by atoms with Crippen molar-refractivity contribution >= 4 is 0 Å². The first kappa shape index (κ1) is 9.47. The summed E-state index contributed by atoms with van der Waals surface area (Å²) in [4.78, 5) is 2.54. The van der Waals surface area contributed by atoms with Crippen molar-refractivity contribution in [2.24, 2.45) is 11.7 Å². The normalized spacial score (nSPS) is 38.3. The first-order valence-corrected chi connectivity index (χ1v) is 5.73. The molecule has 1 heterocycles. The summed E-state index contributed by atoms with van der Waals surface area (Å²) < 4.78 is 0. The first-order valence-electron chi connectivity index (χ1n) is 5.73. The van der Waals surface area contributed by atoms with Gasteiger partial charge in [-0.1, -0.05) is 12.8 Å². The van der Waals surface area contributed by atoms with Crippen LogP contribution in [0.2, 0.25) is 0 Å². The summed E-state index contributed by atoms with van der Waals surface area (Å²) in [5.41, 5.74) is 6.03. The molecule has 76 valence electrons. The van der Waals surface area contributed by atoms with Gasteiger partial charge in [-0.2, -0.15) is 0 Å². The van der Waals surface area contributed by atoms with Crippen molar-refractivity contribution < 1.29 is 0 Å². The predicted octanol–water partition coefficient (Wildman–Crippen LogP) is 1.60. The maximum Gasteiger partial charge on any atom is 0.0135 e. The number of hydrogen-bond donors (Lipinski definition) is 1. The van der Waals surface area contributed by atoms with E-state index in [-0.39, 0.29) is 0 Å². The monoisotopic (exact) mass is 182 g/mol. The van der Waals surface area contributed by atoms with Gasteiger partial charge in [-0.3, -0.25) is 0 Å². The second-order valence-electron chi connectivity index (χ2n) is 4.88. The van der Waals surface area contributed by atoms with Gasteiger partial charge in [-0.05, 0) is 45.2 Å². The maximum atomic E-state index is 6.03. The van der Waals surface area contributed by atoms with Gasteiger partial charge >= 0.3 is 0 Å². The van der Waals surface area contributed by atoms with Gasteiger partial charge in [0.05, 0.1) is 0 Å². The minimum absolute atomic E-state index is 0.474. The predicted molar refractivity (Wildman–Crippen MR) is 55.6 cm³/mol. The molecule has 2 fully saturated rings. The van der Waals surface area contributed by atoms with E-state index in [9.17, 15) is 0 Å². The Balaban J connectivity index is 1.94. The molecule has 0 spiro atoms. The fraction of sp³-hybridized carbons (Fsp3) is 1.00. The molecule has 0 aromatic carbocycles. The van der Waals surface area contributed by atoms with Crippen LogP contribution in [0.25, 0.3) is 0 Å². The van der Waals surface area contributed by atoms with Gasteiger partial charge in [0.2, 0.25) is 0 Å². The van der Waals surface area contributed by atoms with Gasteiger partial charge < -0.3 is 10.6 Å². The molecule has 1 aliphatic carbocycles. The molecule has 1 saturated carbocycles. The zero-order chi connectivity index (χ0) is 9.26. The fourth-order valence-electron chi connectivity index (χ4n) is 3.04. The average molecular weight is 182 g/mol. The van der Waals surface area contributed by atoms with Crippen molar-refractivity contribution in [3.8, 4) is 0 Å². The summed E-state index contributed by atoms with van der Waals surface area (Å²) in [6.07, 6.45) is 8.22. The number of rotatable bonds is 1. The van der Waals surface area contributed by atoms with E-state index >= 15 is 0 Å². The van der Waals surface area contributed by atoms with Crippen LogP contribution in [0, 0.1) is 5.92 Å². The van der Waals surface area contributed by atoms with E-state index in [0.29, 0.717) is 6.04 Å². The molecular weight excluding hydrogens is 160 g/mol. The molecule has 2 rings (SSSR count). The smallest absolute Gasteiger partial charge is 0.0135 e. The number of nitrogens with zero attached hydrogens (tertiary/aromatic N) is 1. The number of likely N-dealkylation sites (tertiary alicyclic amines) is 1. The lowest BCUT2D eigenvalue weighted by Gasteiger charge is -2.39. The average Bonchev–Trinajstić information content (AvgIpc) is 2.61. The van der Waals surface area contributed by atoms with E-state index < -0.39 is 0 Å². The molecule has 2 nitrogen and oxygen atoms in total. The van der Waals surface area contributed by atoms with Crippen molar-refractivity contribution in [3.63, 3.8) is 0 Å². The van der Waals surface area contributed by atoms with Crippen LogP contribution in [-0.4, -0.2) is 30.6 Å². The zero-order valence-corrected chi connectivity index (χ0v) is 8.71. The Morgan fingerprint density at radius 1 is 1.15 bits per heavy atom. The second-order valence-corrected chi connectivity index (χ2v) is 4.88. The van der Waals surface area contributed by atoms with Crippen LogP contribution < -0.4 is 5.73 Å². The summed E-state index contributed by atoms with van der Waals surface area (Å²) in [5, 5.41) is 0. The van der Waals surface area contributed by atoms with Crippen LogP contribution in [0.15, 0.2) is 0 Å². The van der Waals surface area contributed by atoms with Gasteiger partial charge in [-0.15, -0.1) is 0 Å². The van der Waals surface area contributed by atoms with Crippen LogP contribution >= 0.6 is 0 Å². The maximum absolute atomic E-state index is 6.03. The second kappa shape index (κ2) is 3.97. The van der Waals surface area contributed by atoms with Gasteiger partial charge in [-0.25, -0.2) is 0 Å². The highest BCUT2D eigenvalue weighted by molar-refractivity contribution is 4.88. The topological polar surface area (TPSA) is 29.3 Å². The Morgan fingerprint density at radius 3 is 2.54 bits per heavy atom. The Morgan fingerprint density at radius 2 is 1.85 bits per heavy atom. The number of nitrogens with two attached hydrogens (primary N) is 1. The number of piperidine rings is 1. The van der Waals surface area contributed by atoms with E-state index in [0.717, 1.165) is 12.0 Å². The summed E-state index contributed by atoms with van der Waals surface area (Å²) in [7, 11) is 2.27. The Bertz CT molecular complexity index is 163. The Labute approximate surface area is 81.5 Å². The highest BCUT2D eigenvalue weighted by atomic mass is 15.1. The van der Waals surface area contributed by atoms with Crippen molar-refractivity contribution in [1.82, 2.24) is 4.90 Å². The van der Waals surface area contributed by atoms with Gasteiger partial charge in [0, 0.05) is 12.1 Å². The quantitative estimate of drug-likeness (QED) is 0.667. The molecule has 2 aliphatic rings. The van der Waals surface area contributed by atoms with Gasteiger partial charge in [0.1, 0.15) is 0 Å². The molecule has 0 amide bonds. The van der Waals surface area contributed by atoms with Gasteiger partial charge in [0.25, 0.3) is 0 Å². The van der Waals surface area contributed by atoms with E-state index in [2.05, 4.69) is 11.9 Å². The molecule has 1 saturated heterocycles. The lowest BCUT2D eigenvalue weighted by atomic mass is 9.87. The zero-order valence-electron chi connectivity index (χ0n) is 8.71. The molecule has 2 heteroatoms. The van der Waals surface area contributed by atoms with Crippen molar-refractivity contribution in [2.45, 2.75) is 50.6 Å². The summed E-state index contributed by atoms with van der Waals surface area (Å²) >= 11 is 0. The van der Waals surface area contributed by atoms with Crippen LogP contribution in [0.3, 0.4) is 0 Å². The molecule has 13 heavy (non-hydrogen) atoms. The minimum Gasteiger partial charge on any atom is -0.328 e. The third-order valence-electron chi connectivity index (χ3n) is 3.91. The highest BCUT2D eigenvalue weighted by Gasteiger charge is 2.31. The van der Waals surface area contributed by atoms with Crippen molar-refractivity contribution in [3.05, 3.63) is 0 Å². The Hall–Kier alpha value is -0.0800. The SMILES string of the molecule is CN1CCC(N)CC1C1CCCC1. The summed E-state index contributed by atoms with van der Waals surface area (Å²) in [6, 6.07) is 1.27. The van der Waals surface area contributed by atoms with Crippen molar-refractivity contribution in [2.75, 3.05) is 13.6 Å². The lowest BCUT2D eigenvalue weighted by Crippen LogP contribution is -2.47. The lowest BCUT2D eigenvalue weighted by molar-refractivity contribution is 0.119. The molecule has 1 aliphatic heterocycles. The van der Waals surface area contributed by atoms with E-state index in [4.69, 9.17) is 5.73 Å². The summed E-state index contributed by atoms with van der Waals surface area (Å²) in [6.45, 7) is 1.21. The highest BCUT2D eigenvalue weighted by Crippen LogP contribution is 2.33. The third kappa shape index (κ3) is 2.05. The standard InChI is InChI=1S/C11H22N2/c1-13-7-6-10(12)8-11(13)9-4-2-3-5-9/h9-11H,2-8,12H2,1H3. The van der Waals surface area contributed by atoms with Gasteiger partial charge in [0.15, 0.2) is 0 Å². The molecule has 0 radical (unpaired) electrons. The fourth-order valence-corrected chi connectivity index (χ4v) is 3.04. The minimum atomic E-state index is 0.474. The van der Waals surface area contributed by atoms with E-state index in [1.807, 2.05) is 0 Å². The largest absolute Gasteiger partial charge is 0.328 e. The van der Waals surface area contributed by atoms with Crippen molar-refractivity contribution in [1.29, 1.82) is 0 Å². The molecule has 0 aromatic heterocycles. The van der Waals surface area contributed by atoms with E-state index in [1.54, 1.807) is 0 Å². The van der Waals surface area contributed by atoms with Crippen LogP contribution in [0.1, 0.15) is 38.5 Å². The molecular formula is C11H22N2. The number of hydrogen-bond acceptors (Lipinski definition) is 2. The third-order valence-corrected chi connectivity index (χ3v) is 3.91. The summed E-state index contributed by atoms with van der Waals surface area (Å²) in [5.74, 6) is 0.955. The molecule has 2 unspecified atom stereocenters. The van der Waals surface area contributed by atoms with Crippen LogP contribution in [-0.2, 0) is 0 Å². The Kier molecular flexibility index (Phi) is 2.89. The molecule has 0 aromatic rings. The molecule has 2 N–H and O–H groups in total. The van der Waals surface area contributed by atoms with Crippen LogP contribution in [0.5, 0.6) is 0 Å². The molecule has 0 bridgehead atoms.